The van der Waals surface area contributed by atoms with Crippen LogP contribution in [0.3, 0.4) is 0 Å². The number of benzene rings is 6. The minimum Gasteiger partial charge on any atom is -0.318 e. The van der Waals surface area contributed by atoms with Gasteiger partial charge < -0.3 is 14.4 Å². The minimum absolute atomic E-state index is 0.0479. The summed E-state index contributed by atoms with van der Waals surface area (Å²) >= 11 is 0. The van der Waals surface area contributed by atoms with Crippen LogP contribution in [0.25, 0.3) is 49.7 Å². The molecule has 0 radical (unpaired) electrons. The molecule has 3 heterocycles. The number of para-hydroxylation sites is 2. The molecular formula is C45H41N3. The van der Waals surface area contributed by atoms with Crippen LogP contribution in [0.2, 0.25) is 0 Å². The summed E-state index contributed by atoms with van der Waals surface area (Å²) in [5.41, 5.74) is 21.8. The van der Waals surface area contributed by atoms with Crippen molar-refractivity contribution in [2.24, 2.45) is 0 Å². The number of aromatic nitrogens is 1. The van der Waals surface area contributed by atoms with Gasteiger partial charge >= 0.3 is 0 Å². The number of anilines is 4. The zero-order valence-corrected chi connectivity index (χ0v) is 28.9. The van der Waals surface area contributed by atoms with Gasteiger partial charge in [0.25, 0.3) is 0 Å². The smallest absolute Gasteiger partial charge is 0.108 e. The van der Waals surface area contributed by atoms with Gasteiger partial charge in [0.2, 0.25) is 0 Å². The van der Waals surface area contributed by atoms with Crippen molar-refractivity contribution in [3.05, 3.63) is 137 Å². The van der Waals surface area contributed by atoms with E-state index in [0.29, 0.717) is 0 Å². The highest BCUT2D eigenvalue weighted by Gasteiger charge is 2.40. The van der Waals surface area contributed by atoms with E-state index >= 15 is 0 Å². The van der Waals surface area contributed by atoms with Crippen molar-refractivity contribution in [2.75, 3.05) is 9.80 Å². The molecule has 6 aromatic carbocycles. The molecule has 7 aromatic rings. The van der Waals surface area contributed by atoms with Crippen molar-refractivity contribution in [3.63, 3.8) is 0 Å². The van der Waals surface area contributed by atoms with Gasteiger partial charge in [-0.2, -0.15) is 0 Å². The summed E-state index contributed by atoms with van der Waals surface area (Å²) in [6, 6.07) is 39.3. The fraction of sp³-hybridized carbons (Fsp3) is 0.200. The molecule has 1 aromatic heterocycles. The van der Waals surface area contributed by atoms with Crippen LogP contribution in [0.15, 0.2) is 103 Å². The second-order valence-corrected chi connectivity index (χ2v) is 14.0. The van der Waals surface area contributed by atoms with Crippen LogP contribution in [0, 0.1) is 34.6 Å². The maximum atomic E-state index is 2.66. The SMILES string of the molecule is CCc1cccc(N2c3cccc4c3N(c3c(C)cc(C)cc3-c3c(C)cccc3-n3c5ccc(C)cc5c5cccc-4c53)[C@@H]2C)c1C. The van der Waals surface area contributed by atoms with Gasteiger partial charge in [0, 0.05) is 38.7 Å². The summed E-state index contributed by atoms with van der Waals surface area (Å²) < 4.78 is 2.56. The maximum absolute atomic E-state index is 2.66. The summed E-state index contributed by atoms with van der Waals surface area (Å²) in [6.07, 6.45) is 1.06. The highest BCUT2D eigenvalue weighted by atomic mass is 15.4. The molecule has 48 heavy (non-hydrogen) atoms. The van der Waals surface area contributed by atoms with E-state index in [-0.39, 0.29) is 6.17 Å². The van der Waals surface area contributed by atoms with Gasteiger partial charge in [0.1, 0.15) is 6.17 Å². The molecule has 9 rings (SSSR count). The van der Waals surface area contributed by atoms with Gasteiger partial charge in [-0.1, -0.05) is 84.8 Å². The van der Waals surface area contributed by atoms with Crippen molar-refractivity contribution in [1.29, 1.82) is 0 Å². The van der Waals surface area contributed by atoms with Crippen LogP contribution < -0.4 is 9.80 Å². The first kappa shape index (κ1) is 28.9. The van der Waals surface area contributed by atoms with E-state index in [1.807, 2.05) is 0 Å². The third kappa shape index (κ3) is 3.82. The standard InChI is InChI=1S/C45H41N3/c1-8-32-14-10-18-38(30(32)6)46-31(7)47-43-29(5)23-27(3)25-37(43)42-28(4)13-9-19-40(42)48-39-22-21-26(2)24-36(39)35-16-11-15-33(44(35)48)34-17-12-20-41(46)45(34)47/h9-25,31H,8H2,1-7H3/t31-/m1/s1. The topological polar surface area (TPSA) is 11.4 Å². The summed E-state index contributed by atoms with van der Waals surface area (Å²) in [7, 11) is 0. The molecule has 2 aliphatic rings. The lowest BCUT2D eigenvalue weighted by Crippen LogP contribution is -2.36. The van der Waals surface area contributed by atoms with Crippen LogP contribution >= 0.6 is 0 Å². The Morgan fingerprint density at radius 3 is 2.12 bits per heavy atom. The fourth-order valence-electron chi connectivity index (χ4n) is 8.95. The number of aryl methyl sites for hydroxylation is 5. The Hall–Kier alpha value is -5.28. The van der Waals surface area contributed by atoms with Crippen molar-refractivity contribution in [3.8, 4) is 27.9 Å². The Balaban J connectivity index is 1.52. The lowest BCUT2D eigenvalue weighted by atomic mass is 9.91. The molecule has 1 atom stereocenters. The zero-order chi connectivity index (χ0) is 33.0. The second-order valence-electron chi connectivity index (χ2n) is 14.0. The van der Waals surface area contributed by atoms with Gasteiger partial charge in [-0.15, -0.1) is 0 Å². The molecule has 0 unspecified atom stereocenters. The van der Waals surface area contributed by atoms with Crippen molar-refractivity contribution in [1.82, 2.24) is 4.57 Å². The molecule has 0 amide bonds. The number of hydrogen-bond donors (Lipinski definition) is 0. The Morgan fingerprint density at radius 2 is 1.29 bits per heavy atom. The summed E-state index contributed by atoms with van der Waals surface area (Å²) in [5.74, 6) is 0. The van der Waals surface area contributed by atoms with Crippen LogP contribution in [0.4, 0.5) is 22.7 Å². The number of hydrogen-bond acceptors (Lipinski definition) is 2. The van der Waals surface area contributed by atoms with E-state index in [4.69, 9.17) is 0 Å². The zero-order valence-electron chi connectivity index (χ0n) is 28.9. The van der Waals surface area contributed by atoms with E-state index in [1.165, 1.54) is 106 Å². The van der Waals surface area contributed by atoms with Gasteiger partial charge in [0.15, 0.2) is 0 Å². The molecule has 3 nitrogen and oxygen atoms in total. The van der Waals surface area contributed by atoms with Crippen LogP contribution in [0.1, 0.15) is 47.2 Å². The van der Waals surface area contributed by atoms with E-state index in [1.54, 1.807) is 0 Å². The van der Waals surface area contributed by atoms with E-state index < -0.39 is 0 Å². The summed E-state index contributed by atoms with van der Waals surface area (Å²) in [5, 5.41) is 2.59. The normalized spacial score (nSPS) is 14.8. The number of nitrogens with zero attached hydrogens (tertiary/aromatic N) is 3. The molecule has 0 spiro atoms. The van der Waals surface area contributed by atoms with E-state index in [0.717, 1.165) is 6.42 Å². The molecule has 0 saturated heterocycles. The van der Waals surface area contributed by atoms with Crippen LogP contribution in [-0.4, -0.2) is 10.7 Å². The summed E-state index contributed by atoms with van der Waals surface area (Å²) in [4.78, 5) is 5.25. The molecule has 0 fully saturated rings. The van der Waals surface area contributed by atoms with Crippen LogP contribution in [-0.2, 0) is 6.42 Å². The predicted octanol–water partition coefficient (Wildman–Crippen LogP) is 12.2. The molecular weight excluding hydrogens is 583 g/mol. The Labute approximate surface area is 283 Å². The van der Waals surface area contributed by atoms with Crippen molar-refractivity contribution >= 4 is 44.6 Å². The third-order valence-corrected chi connectivity index (χ3v) is 11.0. The van der Waals surface area contributed by atoms with Crippen LogP contribution in [0.5, 0.6) is 0 Å². The highest BCUT2D eigenvalue weighted by Crippen LogP contribution is 2.57. The first-order valence-electron chi connectivity index (χ1n) is 17.3. The fourth-order valence-corrected chi connectivity index (χ4v) is 8.95. The molecule has 0 bridgehead atoms. The average molecular weight is 624 g/mol. The number of fused-ring (bicyclic) bond motifs is 9. The first-order chi connectivity index (χ1) is 23.3. The van der Waals surface area contributed by atoms with Gasteiger partial charge in [0.05, 0.1) is 33.8 Å². The Morgan fingerprint density at radius 1 is 0.562 bits per heavy atom. The van der Waals surface area contributed by atoms with Crippen molar-refractivity contribution in [2.45, 2.75) is 61.1 Å². The molecule has 236 valence electrons. The number of rotatable bonds is 2. The van der Waals surface area contributed by atoms with Gasteiger partial charge in [-0.25, -0.2) is 0 Å². The monoisotopic (exact) mass is 623 g/mol. The Bertz CT molecular complexity index is 2480. The lowest BCUT2D eigenvalue weighted by Gasteiger charge is -2.35. The molecule has 3 heteroatoms. The molecule has 0 aliphatic carbocycles. The van der Waals surface area contributed by atoms with Gasteiger partial charge in [-0.3, -0.25) is 0 Å². The molecule has 2 aliphatic heterocycles. The van der Waals surface area contributed by atoms with Crippen molar-refractivity contribution < 1.29 is 0 Å². The molecule has 0 saturated carbocycles. The van der Waals surface area contributed by atoms with Gasteiger partial charge in [-0.05, 0) is 107 Å². The Kier molecular flexibility index (Phi) is 6.24. The highest BCUT2D eigenvalue weighted by molar-refractivity contribution is 6.17. The quantitative estimate of drug-likeness (QED) is 0.190. The predicted molar refractivity (Wildman–Crippen MR) is 205 cm³/mol. The first-order valence-corrected chi connectivity index (χ1v) is 17.3. The molecule has 0 N–H and O–H groups in total. The lowest BCUT2D eigenvalue weighted by molar-refractivity contribution is 0.757. The minimum atomic E-state index is 0.0479. The average Bonchev–Trinajstić information content (AvgIpc) is 3.55. The third-order valence-electron chi connectivity index (χ3n) is 11.0. The summed E-state index contributed by atoms with van der Waals surface area (Å²) in [6.45, 7) is 16.0. The van der Waals surface area contributed by atoms with E-state index in [9.17, 15) is 0 Å². The largest absolute Gasteiger partial charge is 0.318 e. The maximum Gasteiger partial charge on any atom is 0.108 e. The second kappa shape index (κ2) is 10.4. The van der Waals surface area contributed by atoms with E-state index in [2.05, 4.69) is 166 Å².